The van der Waals surface area contributed by atoms with Crippen LogP contribution in [0.2, 0.25) is 0 Å². The van der Waals surface area contributed by atoms with Crippen LogP contribution in [0.25, 0.3) is 0 Å². The van der Waals surface area contributed by atoms with E-state index in [4.69, 9.17) is 8.83 Å². The van der Waals surface area contributed by atoms with Crippen LogP contribution in [0.1, 0.15) is 46.5 Å². The second kappa shape index (κ2) is 4.79. The molecule has 0 amide bonds. The lowest BCUT2D eigenvalue weighted by atomic mass is 9.55. The second-order valence-electron chi connectivity index (χ2n) is 7.45. The van der Waals surface area contributed by atoms with Crippen molar-refractivity contribution in [2.75, 3.05) is 0 Å². The average molecular weight is 343 g/mol. The fourth-order valence-electron chi connectivity index (χ4n) is 5.38. The normalized spacial score (nSPS) is 22.2. The number of benzene rings is 1. The van der Waals surface area contributed by atoms with Crippen LogP contribution in [0, 0.1) is 0 Å². The lowest BCUT2D eigenvalue weighted by molar-refractivity contribution is -0.732. The number of rotatable bonds is 2. The number of hydrogen-bond acceptors (Lipinski definition) is 2. The van der Waals surface area contributed by atoms with E-state index in [1.54, 1.807) is 12.5 Å². The predicted octanol–water partition coefficient (Wildman–Crippen LogP) is 3.92. The zero-order valence-electron chi connectivity index (χ0n) is 14.5. The van der Waals surface area contributed by atoms with Gasteiger partial charge in [0, 0.05) is 28.5 Å². The van der Waals surface area contributed by atoms with Crippen LogP contribution in [0.3, 0.4) is 0 Å². The maximum atomic E-state index is 5.54. The van der Waals surface area contributed by atoms with Crippen molar-refractivity contribution in [2.45, 2.75) is 23.8 Å². The Morgan fingerprint density at radius 1 is 1.00 bits per heavy atom. The molecule has 128 valence electrons. The molecule has 5 heterocycles. The first-order chi connectivity index (χ1) is 12.8. The molecule has 2 aliphatic heterocycles. The van der Waals surface area contributed by atoms with Crippen molar-refractivity contribution in [3.63, 3.8) is 0 Å². The van der Waals surface area contributed by atoms with E-state index in [2.05, 4.69) is 65.0 Å². The van der Waals surface area contributed by atoms with Crippen LogP contribution in [0.5, 0.6) is 0 Å². The summed E-state index contributed by atoms with van der Waals surface area (Å²) >= 11 is 0. The first kappa shape index (κ1) is 14.2. The smallest absolute Gasteiger partial charge is 0.265 e. The number of hydrogen-bond donors (Lipinski definition) is 0. The Balaban J connectivity index is 1.74. The molecule has 4 heteroatoms. The van der Waals surface area contributed by atoms with Crippen molar-refractivity contribution >= 4 is 0 Å². The van der Waals surface area contributed by atoms with E-state index in [-0.39, 0.29) is 11.3 Å². The van der Waals surface area contributed by atoms with E-state index in [9.17, 15) is 0 Å². The van der Waals surface area contributed by atoms with Crippen LogP contribution >= 0.6 is 0 Å². The van der Waals surface area contributed by atoms with Gasteiger partial charge in [0.1, 0.15) is 24.4 Å². The fourth-order valence-corrected chi connectivity index (χ4v) is 5.38. The molecule has 0 unspecified atom stereocenters. The molecule has 2 bridgehead atoms. The molecule has 0 fully saturated rings. The third kappa shape index (κ3) is 1.53. The van der Waals surface area contributed by atoms with Gasteiger partial charge in [-0.3, -0.25) is 0 Å². The summed E-state index contributed by atoms with van der Waals surface area (Å²) in [4.78, 5) is 0. The van der Waals surface area contributed by atoms with Gasteiger partial charge >= 0.3 is 0 Å². The minimum atomic E-state index is -0.189. The van der Waals surface area contributed by atoms with E-state index < -0.39 is 0 Å². The van der Waals surface area contributed by atoms with E-state index in [0.717, 1.165) is 6.42 Å². The molecule has 7 rings (SSSR count). The van der Waals surface area contributed by atoms with Gasteiger partial charge in [0.2, 0.25) is 0 Å². The van der Waals surface area contributed by atoms with E-state index >= 15 is 0 Å². The lowest BCUT2D eigenvalue weighted by Gasteiger charge is -2.49. The molecule has 0 saturated heterocycles. The average Bonchev–Trinajstić information content (AvgIpc) is 3.44. The highest BCUT2D eigenvalue weighted by Gasteiger charge is 2.60. The molecular weight excluding hydrogens is 324 g/mol. The maximum Gasteiger partial charge on any atom is 0.265 e. The number of furan rings is 2. The van der Waals surface area contributed by atoms with Crippen molar-refractivity contribution in [3.05, 3.63) is 102 Å². The summed E-state index contributed by atoms with van der Waals surface area (Å²) in [5.41, 5.74) is 5.09. The van der Waals surface area contributed by atoms with Gasteiger partial charge in [0.15, 0.2) is 0 Å². The molecule has 3 aromatic heterocycles. The summed E-state index contributed by atoms with van der Waals surface area (Å²) in [7, 11) is 2.14. The number of fused-ring (bicyclic) bond motifs is 1. The minimum absolute atomic E-state index is 0.189. The predicted molar refractivity (Wildman–Crippen MR) is 94.8 cm³/mol. The summed E-state index contributed by atoms with van der Waals surface area (Å²) in [6, 6.07) is 13.4. The molecule has 26 heavy (non-hydrogen) atoms. The molecule has 3 aliphatic rings. The highest BCUT2D eigenvalue weighted by molar-refractivity contribution is 5.53. The van der Waals surface area contributed by atoms with Crippen LogP contribution in [0.15, 0.2) is 82.7 Å². The molecule has 4 aromatic rings. The molecule has 0 saturated carbocycles. The first-order valence-corrected chi connectivity index (χ1v) is 9.01. The van der Waals surface area contributed by atoms with Gasteiger partial charge in [-0.15, -0.1) is 0 Å². The van der Waals surface area contributed by atoms with Crippen LogP contribution < -0.4 is 4.57 Å². The zero-order valence-corrected chi connectivity index (χ0v) is 14.5. The van der Waals surface area contributed by atoms with Crippen molar-refractivity contribution in [1.29, 1.82) is 0 Å². The topological polar surface area (TPSA) is 35.1 Å². The van der Waals surface area contributed by atoms with Crippen molar-refractivity contribution in [2.24, 2.45) is 7.05 Å². The molecular formula is C22H19N2O2+. The first-order valence-electron chi connectivity index (χ1n) is 9.01. The Kier molecular flexibility index (Phi) is 2.61. The molecule has 1 aromatic carbocycles. The molecule has 0 N–H and O–H groups in total. The van der Waals surface area contributed by atoms with Gasteiger partial charge in [-0.25, -0.2) is 9.13 Å². The molecule has 1 aliphatic carbocycles. The number of aryl methyl sites for hydroxylation is 1. The monoisotopic (exact) mass is 343 g/mol. The van der Waals surface area contributed by atoms with Crippen molar-refractivity contribution in [1.82, 2.24) is 4.57 Å². The van der Waals surface area contributed by atoms with Gasteiger partial charge in [0.25, 0.3) is 5.82 Å². The van der Waals surface area contributed by atoms with E-state index in [1.807, 2.05) is 12.5 Å². The molecule has 4 nitrogen and oxygen atoms in total. The summed E-state index contributed by atoms with van der Waals surface area (Å²) in [6.07, 6.45) is 12.8. The number of imidazole rings is 1. The fraction of sp³-hybridized carbons (Fsp3) is 0.227. The number of aromatic nitrogens is 2. The standard InChI is InChI=1S/C22H19N2O2/c1-23-8-9-24-19-12-22(15-6-10-25-13-15,16-7-11-26-14-16)20(21(23)24)18-5-3-2-4-17(18)19/h2-11,13-14,19-20H,12H2,1H3/q+1/t19-,20+/m1/s1. The zero-order chi connectivity index (χ0) is 17.3. The largest absolute Gasteiger partial charge is 0.472 e. The summed E-state index contributed by atoms with van der Waals surface area (Å²) in [5, 5.41) is 0. The Morgan fingerprint density at radius 2 is 1.69 bits per heavy atom. The summed E-state index contributed by atoms with van der Waals surface area (Å²) < 4.78 is 15.8. The summed E-state index contributed by atoms with van der Waals surface area (Å²) in [5.74, 6) is 1.54. The highest BCUT2D eigenvalue weighted by atomic mass is 16.3. The van der Waals surface area contributed by atoms with Crippen LogP contribution in [-0.2, 0) is 12.5 Å². The van der Waals surface area contributed by atoms with Crippen LogP contribution in [-0.4, -0.2) is 4.57 Å². The highest BCUT2D eigenvalue weighted by Crippen LogP contribution is 2.59. The quantitative estimate of drug-likeness (QED) is 0.517. The van der Waals surface area contributed by atoms with Crippen LogP contribution in [0.4, 0.5) is 0 Å². The SMILES string of the molecule is Cn1cc[n+]2c1[C@@H]1c3ccccc3[C@H]2CC1(c1ccoc1)c1ccoc1. The lowest BCUT2D eigenvalue weighted by Crippen LogP contribution is -2.59. The molecule has 0 spiro atoms. The Morgan fingerprint density at radius 3 is 2.35 bits per heavy atom. The van der Waals surface area contributed by atoms with Gasteiger partial charge < -0.3 is 8.83 Å². The summed E-state index contributed by atoms with van der Waals surface area (Å²) in [6.45, 7) is 0. The Labute approximate surface area is 151 Å². The second-order valence-corrected chi connectivity index (χ2v) is 7.45. The van der Waals surface area contributed by atoms with Gasteiger partial charge in [0.05, 0.1) is 32.1 Å². The third-order valence-corrected chi connectivity index (χ3v) is 6.42. The minimum Gasteiger partial charge on any atom is -0.472 e. The van der Waals surface area contributed by atoms with Crippen molar-refractivity contribution in [3.8, 4) is 0 Å². The van der Waals surface area contributed by atoms with Gasteiger partial charge in [-0.05, 0) is 17.7 Å². The Bertz CT molecular complexity index is 1060. The Hall–Kier alpha value is -3.01. The van der Waals surface area contributed by atoms with Gasteiger partial charge in [-0.1, -0.05) is 24.3 Å². The number of nitrogens with zero attached hydrogens (tertiary/aromatic N) is 2. The molecule has 0 radical (unpaired) electrons. The molecule has 2 atom stereocenters. The maximum absolute atomic E-state index is 5.54. The van der Waals surface area contributed by atoms with E-state index in [1.165, 1.54) is 28.1 Å². The van der Waals surface area contributed by atoms with Gasteiger partial charge in [-0.2, -0.15) is 0 Å². The van der Waals surface area contributed by atoms with E-state index in [0.29, 0.717) is 6.04 Å². The third-order valence-electron chi connectivity index (χ3n) is 6.42. The van der Waals surface area contributed by atoms with Crippen molar-refractivity contribution < 1.29 is 13.4 Å².